The lowest BCUT2D eigenvalue weighted by molar-refractivity contribution is 0.455. The maximum atomic E-state index is 14.1. The molecule has 0 saturated heterocycles. The Balaban J connectivity index is 2.10. The van der Waals surface area contributed by atoms with Gasteiger partial charge in [0.15, 0.2) is 4.90 Å². The van der Waals surface area contributed by atoms with E-state index in [4.69, 9.17) is 5.26 Å². The number of aromatic nitrogens is 3. The minimum absolute atomic E-state index is 0.221. The van der Waals surface area contributed by atoms with E-state index in [2.05, 4.69) is 20.9 Å². The normalized spacial score (nSPS) is 11.6. The molecule has 0 fully saturated rings. The molecule has 2 heterocycles. The second-order valence-electron chi connectivity index (χ2n) is 5.22. The summed E-state index contributed by atoms with van der Waals surface area (Å²) in [5, 5.41) is 13.5. The topological polar surface area (TPSA) is 104 Å². The van der Waals surface area contributed by atoms with E-state index < -0.39 is 20.9 Å². The Kier molecular flexibility index (Phi) is 3.77. The van der Waals surface area contributed by atoms with Crippen molar-refractivity contribution in [3.05, 3.63) is 41.6 Å². The van der Waals surface area contributed by atoms with Gasteiger partial charge in [-0.15, -0.1) is 0 Å². The van der Waals surface area contributed by atoms with Crippen molar-refractivity contribution in [3.8, 4) is 6.07 Å². The molecule has 0 unspecified atom stereocenters. The summed E-state index contributed by atoms with van der Waals surface area (Å²) < 4.78 is 42.4. The quantitative estimate of drug-likeness (QED) is 0.756. The summed E-state index contributed by atoms with van der Waals surface area (Å²) in [5.41, 5.74) is 1.95. The molecule has 0 aliphatic carbocycles. The average molecular weight is 347 g/mol. The van der Waals surface area contributed by atoms with Crippen LogP contribution in [0.4, 0.5) is 10.1 Å². The summed E-state index contributed by atoms with van der Waals surface area (Å²) in [6.45, 7) is 3.70. The number of aromatic amines is 1. The molecule has 0 saturated carbocycles. The van der Waals surface area contributed by atoms with Gasteiger partial charge in [0.1, 0.15) is 6.07 Å². The average Bonchev–Trinajstić information content (AvgIpc) is 3.14. The number of hydrogen-bond donors (Lipinski definition) is 2. The number of rotatable bonds is 4. The number of fused-ring (bicyclic) bond motifs is 1. The Labute approximate surface area is 137 Å². The van der Waals surface area contributed by atoms with Crippen LogP contribution in [0.3, 0.4) is 0 Å². The highest BCUT2D eigenvalue weighted by atomic mass is 32.2. The highest BCUT2D eigenvalue weighted by Gasteiger charge is 2.24. The molecular formula is C15H14FN5O2S. The number of sulfonamides is 1. The molecular weight excluding hydrogens is 333 g/mol. The van der Waals surface area contributed by atoms with E-state index in [0.29, 0.717) is 16.5 Å². The Morgan fingerprint density at radius 2 is 2.21 bits per heavy atom. The number of hydrogen-bond acceptors (Lipinski definition) is 4. The smallest absolute Gasteiger partial charge is 0.268 e. The van der Waals surface area contributed by atoms with Crippen molar-refractivity contribution >= 4 is 26.6 Å². The zero-order valence-corrected chi connectivity index (χ0v) is 13.8. The van der Waals surface area contributed by atoms with Crippen LogP contribution in [0.2, 0.25) is 0 Å². The first kappa shape index (κ1) is 16.0. The first-order valence-electron chi connectivity index (χ1n) is 7.14. The molecule has 0 aliphatic rings. The fourth-order valence-electron chi connectivity index (χ4n) is 2.55. The first-order valence-corrected chi connectivity index (χ1v) is 8.62. The molecule has 0 spiro atoms. The maximum absolute atomic E-state index is 14.1. The lowest BCUT2D eigenvalue weighted by atomic mass is 10.1. The lowest BCUT2D eigenvalue weighted by Gasteiger charge is -2.09. The summed E-state index contributed by atoms with van der Waals surface area (Å²) in [6.07, 6.45) is 2.48. The molecule has 0 atom stereocenters. The van der Waals surface area contributed by atoms with E-state index in [-0.39, 0.29) is 12.2 Å². The second-order valence-corrected chi connectivity index (χ2v) is 6.87. The van der Waals surface area contributed by atoms with Crippen LogP contribution in [0.1, 0.15) is 18.1 Å². The molecule has 0 amide bonds. The molecule has 7 nitrogen and oxygen atoms in total. The molecule has 0 radical (unpaired) electrons. The second kappa shape index (κ2) is 5.65. The minimum Gasteiger partial charge on any atom is -0.358 e. The third-order valence-corrected chi connectivity index (χ3v) is 5.08. The van der Waals surface area contributed by atoms with Crippen molar-refractivity contribution in [2.75, 3.05) is 4.72 Å². The zero-order valence-electron chi connectivity index (χ0n) is 13.0. The zero-order chi connectivity index (χ0) is 17.5. The molecule has 3 rings (SSSR count). The number of benzene rings is 1. The highest BCUT2D eigenvalue weighted by molar-refractivity contribution is 7.92. The van der Waals surface area contributed by atoms with Gasteiger partial charge in [0, 0.05) is 18.1 Å². The fourth-order valence-corrected chi connectivity index (χ4v) is 3.63. The van der Waals surface area contributed by atoms with E-state index in [0.717, 1.165) is 16.4 Å². The van der Waals surface area contributed by atoms with E-state index in [9.17, 15) is 12.8 Å². The van der Waals surface area contributed by atoms with Gasteiger partial charge in [-0.3, -0.25) is 4.72 Å². The van der Waals surface area contributed by atoms with Crippen LogP contribution < -0.4 is 4.72 Å². The van der Waals surface area contributed by atoms with Crippen molar-refractivity contribution in [2.24, 2.45) is 0 Å². The van der Waals surface area contributed by atoms with Gasteiger partial charge in [-0.25, -0.2) is 13.1 Å². The van der Waals surface area contributed by atoms with Gasteiger partial charge in [0.05, 0.1) is 23.0 Å². The van der Waals surface area contributed by atoms with E-state index in [1.807, 2.05) is 6.92 Å². The van der Waals surface area contributed by atoms with Crippen LogP contribution in [0.5, 0.6) is 0 Å². The van der Waals surface area contributed by atoms with Crippen LogP contribution in [-0.4, -0.2) is 23.2 Å². The number of nitrogens with one attached hydrogen (secondary N) is 2. The molecule has 3 aromatic rings. The molecule has 124 valence electrons. The minimum atomic E-state index is -4.15. The monoisotopic (exact) mass is 347 g/mol. The molecule has 24 heavy (non-hydrogen) atoms. The van der Waals surface area contributed by atoms with Gasteiger partial charge in [0.25, 0.3) is 10.0 Å². The molecule has 2 aromatic heterocycles. The van der Waals surface area contributed by atoms with Crippen LogP contribution in [0.25, 0.3) is 10.9 Å². The van der Waals surface area contributed by atoms with Crippen molar-refractivity contribution in [1.82, 2.24) is 14.8 Å². The van der Waals surface area contributed by atoms with E-state index >= 15 is 0 Å². The van der Waals surface area contributed by atoms with Crippen LogP contribution in [-0.2, 0) is 16.6 Å². The Hall–Kier alpha value is -2.86. The number of nitrogens with zero attached hydrogens (tertiary/aromatic N) is 3. The molecule has 0 aliphatic heterocycles. The molecule has 1 aromatic carbocycles. The van der Waals surface area contributed by atoms with E-state index in [1.54, 1.807) is 19.1 Å². The summed E-state index contributed by atoms with van der Waals surface area (Å²) in [5.74, 6) is -0.919. The van der Waals surface area contributed by atoms with Gasteiger partial charge in [-0.2, -0.15) is 14.8 Å². The van der Waals surface area contributed by atoms with Gasteiger partial charge < -0.3 is 4.98 Å². The third kappa shape index (κ3) is 2.41. The van der Waals surface area contributed by atoms with Gasteiger partial charge >= 0.3 is 0 Å². The van der Waals surface area contributed by atoms with Crippen molar-refractivity contribution in [3.63, 3.8) is 0 Å². The Morgan fingerprint density at radius 3 is 2.83 bits per heavy atom. The Bertz CT molecular complexity index is 1080. The van der Waals surface area contributed by atoms with Gasteiger partial charge in [0.2, 0.25) is 5.95 Å². The number of nitriles is 1. The summed E-state index contributed by atoms with van der Waals surface area (Å²) in [6, 6.07) is 5.31. The summed E-state index contributed by atoms with van der Waals surface area (Å²) in [7, 11) is -4.15. The number of halogens is 1. The predicted molar refractivity (Wildman–Crippen MR) is 86.4 cm³/mol. The fraction of sp³-hybridized carbons (Fsp3) is 0.200. The lowest BCUT2D eigenvalue weighted by Crippen LogP contribution is -2.15. The SMILES string of the molecule is CCn1ncc(S(=O)(=O)Nc2ccc(C)c3c(C#N)c[nH]c23)c1F. The molecule has 2 N–H and O–H groups in total. The van der Waals surface area contributed by atoms with Crippen molar-refractivity contribution in [2.45, 2.75) is 25.3 Å². The highest BCUT2D eigenvalue weighted by Crippen LogP contribution is 2.30. The van der Waals surface area contributed by atoms with Gasteiger partial charge in [-0.05, 0) is 25.5 Å². The Morgan fingerprint density at radius 1 is 1.46 bits per heavy atom. The number of aryl methyl sites for hydroxylation is 2. The number of H-pyrrole nitrogens is 1. The third-order valence-electron chi connectivity index (χ3n) is 3.74. The maximum Gasteiger partial charge on any atom is 0.268 e. The summed E-state index contributed by atoms with van der Waals surface area (Å²) >= 11 is 0. The van der Waals surface area contributed by atoms with Gasteiger partial charge in [-0.1, -0.05) is 6.07 Å². The molecule has 0 bridgehead atoms. The van der Waals surface area contributed by atoms with Crippen LogP contribution >= 0.6 is 0 Å². The van der Waals surface area contributed by atoms with Crippen LogP contribution in [0, 0.1) is 24.2 Å². The summed E-state index contributed by atoms with van der Waals surface area (Å²) in [4.78, 5) is 2.37. The largest absolute Gasteiger partial charge is 0.358 e. The first-order chi connectivity index (χ1) is 11.4. The predicted octanol–water partition coefficient (Wildman–Crippen LogP) is 2.50. The molecule has 9 heteroatoms. The standard InChI is InChI=1S/C15H14FN5O2S/c1-3-21-15(16)12(8-19-21)24(22,23)20-11-5-4-9(2)13-10(6-17)7-18-14(11)13/h4-5,7-8,18,20H,3H2,1-2H3. The van der Waals surface area contributed by atoms with E-state index in [1.165, 1.54) is 6.20 Å². The van der Waals surface area contributed by atoms with Crippen LogP contribution in [0.15, 0.2) is 29.4 Å². The van der Waals surface area contributed by atoms with Crippen molar-refractivity contribution in [1.29, 1.82) is 5.26 Å². The van der Waals surface area contributed by atoms with Crippen molar-refractivity contribution < 1.29 is 12.8 Å². The number of anilines is 1.